The third-order valence-electron chi connectivity index (χ3n) is 6.38. The van der Waals surface area contributed by atoms with Gasteiger partial charge in [0.2, 0.25) is 0 Å². The van der Waals surface area contributed by atoms with Gasteiger partial charge in [-0.1, -0.05) is 57.8 Å². The van der Waals surface area contributed by atoms with E-state index in [0.29, 0.717) is 0 Å². The van der Waals surface area contributed by atoms with Crippen molar-refractivity contribution in [2.45, 2.75) is 116 Å². The molecule has 0 atom stereocenters. The Morgan fingerprint density at radius 1 is 0.714 bits per heavy atom. The van der Waals surface area contributed by atoms with Gasteiger partial charge >= 0.3 is 0 Å². The van der Waals surface area contributed by atoms with Crippen LogP contribution >= 0.6 is 0 Å². The minimum absolute atomic E-state index is 0.740. The van der Waals surface area contributed by atoms with E-state index in [-0.39, 0.29) is 0 Å². The van der Waals surface area contributed by atoms with Crippen molar-refractivity contribution in [3.63, 3.8) is 0 Å². The van der Waals surface area contributed by atoms with Crippen molar-refractivity contribution in [1.29, 1.82) is 0 Å². The Bertz CT molecular complexity index is 515. The number of hydrogen-bond acceptors (Lipinski definition) is 0. The molecule has 3 aliphatic carbocycles. The van der Waals surface area contributed by atoms with Crippen LogP contribution in [0.25, 0.3) is 0 Å². The summed E-state index contributed by atoms with van der Waals surface area (Å²) in [6.45, 7) is 1.94. The summed E-state index contributed by atoms with van der Waals surface area (Å²) in [7, 11) is 1.06. The molecule has 28 heavy (non-hydrogen) atoms. The fraction of sp³-hybridized carbons (Fsp3) is 0.778. The smallest absolute Gasteiger partial charge is 0.0906 e. The van der Waals surface area contributed by atoms with E-state index in [0.717, 1.165) is 34.4 Å². The molecule has 0 aromatic rings. The predicted molar refractivity (Wildman–Crippen MR) is 129 cm³/mol. The summed E-state index contributed by atoms with van der Waals surface area (Å²) in [5.41, 5.74) is 3.10. The van der Waals surface area contributed by atoms with Crippen LogP contribution in [0, 0.1) is 53.4 Å². The molecule has 3 aliphatic rings. The van der Waals surface area contributed by atoms with Gasteiger partial charge in [0.05, 0.1) is 10.2 Å². The van der Waals surface area contributed by atoms with Crippen LogP contribution in [0.15, 0.2) is 0 Å². The van der Waals surface area contributed by atoms with Crippen LogP contribution in [0.2, 0.25) is 0 Å². The van der Waals surface area contributed by atoms with E-state index in [1.807, 2.05) is 6.92 Å². The van der Waals surface area contributed by atoms with Crippen LogP contribution in [0.1, 0.15) is 116 Å². The lowest BCUT2D eigenvalue weighted by atomic mass is 9.87. The Morgan fingerprint density at radius 2 is 1.18 bits per heavy atom. The summed E-state index contributed by atoms with van der Waals surface area (Å²) in [6, 6.07) is 0. The SMILES string of the molecule is C#CCC1CCCCC1.CC#CC1CCCCC1.[SiH3]C#CCC1CCCCC1. The minimum Gasteiger partial charge on any atom is -0.144 e. The maximum Gasteiger partial charge on any atom is 0.0906 e. The molecule has 0 saturated heterocycles. The molecule has 0 nitrogen and oxygen atoms in total. The maximum absolute atomic E-state index is 5.21. The standard InChI is InChI=1S/C9H16Si.2C9H14/c10-8-4-7-9-5-2-1-3-6-9;2*1-2-6-9-7-4-3-5-8-9/h9H,1-3,5-7H2,10H3;9H,3-5,7-8H2,1H3;1,9H,3-8H2. The molecule has 1 heteroatoms. The van der Waals surface area contributed by atoms with Gasteiger partial charge in [0, 0.05) is 18.8 Å². The van der Waals surface area contributed by atoms with Gasteiger partial charge in [-0.25, -0.2) is 0 Å². The van der Waals surface area contributed by atoms with Crippen LogP contribution in [0.3, 0.4) is 0 Å². The van der Waals surface area contributed by atoms with E-state index < -0.39 is 0 Å². The highest BCUT2D eigenvalue weighted by molar-refractivity contribution is 6.22. The summed E-state index contributed by atoms with van der Waals surface area (Å²) in [6.07, 6.45) is 28.6. The number of hydrogen-bond donors (Lipinski definition) is 0. The third kappa shape index (κ3) is 13.1. The highest BCUT2D eigenvalue weighted by atomic mass is 28.1. The molecule has 0 aromatic heterocycles. The molecular formula is C27H44Si. The Hall–Kier alpha value is -1.10. The highest BCUT2D eigenvalue weighted by Crippen LogP contribution is 2.26. The Labute approximate surface area is 179 Å². The van der Waals surface area contributed by atoms with Crippen molar-refractivity contribution >= 4 is 10.2 Å². The molecule has 0 amide bonds. The van der Waals surface area contributed by atoms with Gasteiger partial charge in [-0.05, 0) is 57.3 Å². The van der Waals surface area contributed by atoms with E-state index in [4.69, 9.17) is 6.42 Å². The Kier molecular flexibility index (Phi) is 16.0. The minimum atomic E-state index is 0.740. The van der Waals surface area contributed by atoms with Gasteiger partial charge in [0.15, 0.2) is 0 Å². The lowest BCUT2D eigenvalue weighted by Gasteiger charge is -2.18. The zero-order valence-corrected chi connectivity index (χ0v) is 20.8. The first-order valence-corrected chi connectivity index (χ1v) is 13.1. The monoisotopic (exact) mass is 396 g/mol. The van der Waals surface area contributed by atoms with E-state index in [2.05, 4.69) is 29.2 Å². The van der Waals surface area contributed by atoms with Crippen molar-refractivity contribution in [3.05, 3.63) is 0 Å². The second-order valence-electron chi connectivity index (χ2n) is 8.78. The van der Waals surface area contributed by atoms with Gasteiger partial charge in [-0.2, -0.15) is 0 Å². The Morgan fingerprint density at radius 3 is 1.61 bits per heavy atom. The first kappa shape index (κ1) is 24.9. The first-order valence-electron chi connectivity index (χ1n) is 12.1. The average Bonchev–Trinajstić information content (AvgIpc) is 2.76. The molecule has 3 fully saturated rings. The molecule has 0 unspecified atom stereocenters. The fourth-order valence-corrected chi connectivity index (χ4v) is 4.85. The lowest BCUT2D eigenvalue weighted by Crippen LogP contribution is -2.04. The van der Waals surface area contributed by atoms with Gasteiger partial charge in [0.1, 0.15) is 0 Å². The highest BCUT2D eigenvalue weighted by Gasteiger charge is 2.12. The average molecular weight is 397 g/mol. The van der Waals surface area contributed by atoms with Gasteiger partial charge in [0.25, 0.3) is 0 Å². The number of rotatable bonds is 2. The molecule has 3 saturated carbocycles. The van der Waals surface area contributed by atoms with Crippen LogP contribution < -0.4 is 0 Å². The molecule has 0 aromatic carbocycles. The Balaban J connectivity index is 0.000000210. The van der Waals surface area contributed by atoms with Gasteiger partial charge < -0.3 is 0 Å². The van der Waals surface area contributed by atoms with E-state index in [1.54, 1.807) is 0 Å². The molecule has 0 radical (unpaired) electrons. The topological polar surface area (TPSA) is 0 Å². The quantitative estimate of drug-likeness (QED) is 0.371. The predicted octanol–water partition coefficient (Wildman–Crippen LogP) is 6.46. The molecular weight excluding hydrogens is 352 g/mol. The molecule has 0 bridgehead atoms. The van der Waals surface area contributed by atoms with E-state index in [1.165, 1.54) is 103 Å². The third-order valence-corrected chi connectivity index (χ3v) is 6.73. The van der Waals surface area contributed by atoms with Crippen LogP contribution in [-0.2, 0) is 0 Å². The summed E-state index contributed by atoms with van der Waals surface area (Å²) in [4.78, 5) is 0. The summed E-state index contributed by atoms with van der Waals surface area (Å²) < 4.78 is 0. The lowest BCUT2D eigenvalue weighted by molar-refractivity contribution is 0.365. The van der Waals surface area contributed by atoms with Gasteiger partial charge in [-0.15, -0.1) is 35.6 Å². The largest absolute Gasteiger partial charge is 0.144 e. The van der Waals surface area contributed by atoms with Crippen molar-refractivity contribution in [1.82, 2.24) is 0 Å². The van der Waals surface area contributed by atoms with E-state index in [9.17, 15) is 0 Å². The van der Waals surface area contributed by atoms with Crippen molar-refractivity contribution in [2.24, 2.45) is 17.8 Å². The summed E-state index contributed by atoms with van der Waals surface area (Å²) in [5.74, 6) is 14.7. The van der Waals surface area contributed by atoms with Crippen LogP contribution in [0.4, 0.5) is 0 Å². The zero-order chi connectivity index (χ0) is 20.3. The van der Waals surface area contributed by atoms with Crippen LogP contribution in [-0.4, -0.2) is 10.2 Å². The molecule has 0 N–H and O–H groups in total. The van der Waals surface area contributed by atoms with E-state index >= 15 is 0 Å². The molecule has 3 rings (SSSR count). The second-order valence-corrected chi connectivity index (χ2v) is 9.28. The van der Waals surface area contributed by atoms with Gasteiger partial charge in [-0.3, -0.25) is 0 Å². The normalized spacial score (nSPS) is 20.6. The summed E-state index contributed by atoms with van der Waals surface area (Å²) in [5, 5.41) is 0. The summed E-state index contributed by atoms with van der Waals surface area (Å²) >= 11 is 0. The van der Waals surface area contributed by atoms with Crippen LogP contribution in [0.5, 0.6) is 0 Å². The number of terminal acetylenes is 1. The maximum atomic E-state index is 5.21. The fourth-order valence-electron chi connectivity index (χ4n) is 4.65. The zero-order valence-electron chi connectivity index (χ0n) is 18.8. The van der Waals surface area contributed by atoms with Crippen molar-refractivity contribution in [2.75, 3.05) is 0 Å². The molecule has 0 heterocycles. The molecule has 156 valence electrons. The molecule has 0 aliphatic heterocycles. The first-order chi connectivity index (χ1) is 13.8. The second kappa shape index (κ2) is 18.0. The molecule has 0 spiro atoms. The van der Waals surface area contributed by atoms with Crippen molar-refractivity contribution in [3.8, 4) is 35.6 Å². The van der Waals surface area contributed by atoms with Crippen molar-refractivity contribution < 1.29 is 0 Å².